The Morgan fingerprint density at radius 1 is 1.33 bits per heavy atom. The summed E-state index contributed by atoms with van der Waals surface area (Å²) in [6.45, 7) is 0. The molecule has 94 valence electrons. The number of ether oxygens (including phenoxy) is 1. The van der Waals surface area contributed by atoms with E-state index in [9.17, 15) is 0 Å². The molecular formula is C10H10BrN5OS. The molecular weight excluding hydrogens is 318 g/mol. The van der Waals surface area contributed by atoms with Crippen LogP contribution in [0.5, 0.6) is 5.75 Å². The first kappa shape index (κ1) is 13.1. The summed E-state index contributed by atoms with van der Waals surface area (Å²) < 4.78 is 6.16. The van der Waals surface area contributed by atoms with E-state index in [-0.39, 0.29) is 0 Å². The average molecular weight is 328 g/mol. The lowest BCUT2D eigenvalue weighted by Crippen LogP contribution is -2.10. The molecule has 0 aliphatic carbocycles. The van der Waals surface area contributed by atoms with Crippen LogP contribution in [0.3, 0.4) is 0 Å². The molecule has 3 N–H and O–H groups in total. The van der Waals surface area contributed by atoms with Crippen LogP contribution in [0, 0.1) is 0 Å². The summed E-state index contributed by atoms with van der Waals surface area (Å²) in [5.74, 6) is 6.29. The standard InChI is InChI=1S/C10H10BrN5OS/c1-17-8-9(16-12)14-5-15-10(8)18-7-3-2-6(11)4-13-7/h2-5H,12H2,1H3,(H,14,15,16). The average Bonchev–Trinajstić information content (AvgIpc) is 2.41. The van der Waals surface area contributed by atoms with Crippen LogP contribution in [-0.2, 0) is 0 Å². The fourth-order valence-electron chi connectivity index (χ4n) is 1.24. The lowest BCUT2D eigenvalue weighted by atomic mass is 10.5. The van der Waals surface area contributed by atoms with Crippen molar-refractivity contribution in [1.29, 1.82) is 0 Å². The Bertz CT molecular complexity index is 536. The second-order valence-corrected chi connectivity index (χ2v) is 5.05. The highest BCUT2D eigenvalue weighted by molar-refractivity contribution is 9.10. The Labute approximate surface area is 116 Å². The van der Waals surface area contributed by atoms with Gasteiger partial charge in [0.25, 0.3) is 0 Å². The maximum Gasteiger partial charge on any atom is 0.195 e. The quantitative estimate of drug-likeness (QED) is 0.505. The number of hydrogen-bond acceptors (Lipinski definition) is 7. The number of hydrazine groups is 1. The number of pyridine rings is 1. The van der Waals surface area contributed by atoms with Gasteiger partial charge in [0.15, 0.2) is 16.6 Å². The van der Waals surface area contributed by atoms with Crippen LogP contribution in [0.1, 0.15) is 0 Å². The molecule has 2 heterocycles. The van der Waals surface area contributed by atoms with Gasteiger partial charge in [-0.15, -0.1) is 0 Å². The molecule has 2 aromatic heterocycles. The molecule has 0 bridgehead atoms. The molecule has 0 saturated heterocycles. The topological polar surface area (TPSA) is 86.0 Å². The number of nitrogens with zero attached hydrogens (tertiary/aromatic N) is 3. The highest BCUT2D eigenvalue weighted by Crippen LogP contribution is 2.35. The number of nitrogens with one attached hydrogen (secondary N) is 1. The maximum absolute atomic E-state index is 5.36. The first-order valence-corrected chi connectivity index (χ1v) is 6.50. The molecule has 0 aliphatic heterocycles. The highest BCUT2D eigenvalue weighted by atomic mass is 79.9. The Hall–Kier alpha value is -1.38. The number of nitrogen functional groups attached to an aromatic ring is 1. The maximum atomic E-state index is 5.36. The second kappa shape index (κ2) is 5.98. The van der Waals surface area contributed by atoms with Gasteiger partial charge in [-0.25, -0.2) is 20.8 Å². The van der Waals surface area contributed by atoms with Crippen LogP contribution in [0.4, 0.5) is 5.82 Å². The summed E-state index contributed by atoms with van der Waals surface area (Å²) >= 11 is 4.71. The van der Waals surface area contributed by atoms with Crippen molar-refractivity contribution in [3.8, 4) is 5.75 Å². The first-order valence-electron chi connectivity index (χ1n) is 4.89. The summed E-state index contributed by atoms with van der Waals surface area (Å²) in [5.41, 5.74) is 2.46. The predicted octanol–water partition coefficient (Wildman–Crippen LogP) is 2.08. The van der Waals surface area contributed by atoms with Crippen LogP contribution >= 0.6 is 27.7 Å². The summed E-state index contributed by atoms with van der Waals surface area (Å²) in [6, 6.07) is 3.79. The molecule has 0 aromatic carbocycles. The van der Waals surface area contributed by atoms with Gasteiger partial charge in [-0.1, -0.05) is 0 Å². The Morgan fingerprint density at radius 3 is 2.78 bits per heavy atom. The molecule has 2 aromatic rings. The number of rotatable bonds is 4. The third-order valence-electron chi connectivity index (χ3n) is 2.01. The van der Waals surface area contributed by atoms with E-state index >= 15 is 0 Å². The summed E-state index contributed by atoms with van der Waals surface area (Å²) in [4.78, 5) is 12.4. The van der Waals surface area contributed by atoms with E-state index in [1.807, 2.05) is 12.1 Å². The van der Waals surface area contributed by atoms with Crippen molar-refractivity contribution < 1.29 is 4.74 Å². The Balaban J connectivity index is 2.31. The molecule has 8 heteroatoms. The zero-order chi connectivity index (χ0) is 13.0. The van der Waals surface area contributed by atoms with Crippen LogP contribution in [0.2, 0.25) is 0 Å². The van der Waals surface area contributed by atoms with Gasteiger partial charge in [0.1, 0.15) is 11.4 Å². The fourth-order valence-corrected chi connectivity index (χ4v) is 2.29. The van der Waals surface area contributed by atoms with Gasteiger partial charge >= 0.3 is 0 Å². The SMILES string of the molecule is COc1c(NN)ncnc1Sc1ccc(Br)cn1. The number of hydrogen-bond donors (Lipinski definition) is 2. The van der Waals surface area contributed by atoms with Crippen LogP contribution in [0.15, 0.2) is 39.2 Å². The van der Waals surface area contributed by atoms with Gasteiger partial charge < -0.3 is 10.2 Å². The van der Waals surface area contributed by atoms with Gasteiger partial charge in [-0.3, -0.25) is 0 Å². The largest absolute Gasteiger partial charge is 0.490 e. The molecule has 2 rings (SSSR count). The third kappa shape index (κ3) is 2.89. The van der Waals surface area contributed by atoms with Crippen molar-refractivity contribution in [1.82, 2.24) is 15.0 Å². The molecule has 6 nitrogen and oxygen atoms in total. The van der Waals surface area contributed by atoms with Crippen LogP contribution in [0.25, 0.3) is 0 Å². The molecule has 0 spiro atoms. The first-order chi connectivity index (χ1) is 8.74. The van der Waals surface area contributed by atoms with E-state index in [2.05, 4.69) is 36.3 Å². The second-order valence-electron chi connectivity index (χ2n) is 3.12. The van der Waals surface area contributed by atoms with E-state index in [1.165, 1.54) is 18.1 Å². The van der Waals surface area contributed by atoms with Crippen molar-refractivity contribution in [3.05, 3.63) is 29.1 Å². The monoisotopic (exact) mass is 327 g/mol. The minimum Gasteiger partial charge on any atom is -0.490 e. The molecule has 0 radical (unpaired) electrons. The third-order valence-corrected chi connectivity index (χ3v) is 3.42. The molecule has 0 fully saturated rings. The highest BCUT2D eigenvalue weighted by Gasteiger charge is 2.13. The molecule has 18 heavy (non-hydrogen) atoms. The number of anilines is 1. The number of halogens is 1. The van der Waals surface area contributed by atoms with Crippen molar-refractivity contribution in [2.75, 3.05) is 12.5 Å². The molecule has 0 atom stereocenters. The van der Waals surface area contributed by atoms with Gasteiger partial charge in [0.05, 0.1) is 7.11 Å². The Morgan fingerprint density at radius 2 is 2.17 bits per heavy atom. The lowest BCUT2D eigenvalue weighted by molar-refractivity contribution is 0.400. The molecule has 0 aliphatic rings. The fraction of sp³-hybridized carbons (Fsp3) is 0.100. The zero-order valence-electron chi connectivity index (χ0n) is 9.42. The smallest absolute Gasteiger partial charge is 0.195 e. The summed E-state index contributed by atoms with van der Waals surface area (Å²) in [6.07, 6.45) is 3.14. The Kier molecular flexibility index (Phi) is 4.34. The van der Waals surface area contributed by atoms with Gasteiger partial charge in [-0.05, 0) is 39.8 Å². The molecule has 0 saturated carbocycles. The minimum atomic E-state index is 0.437. The molecule has 0 amide bonds. The zero-order valence-corrected chi connectivity index (χ0v) is 11.8. The minimum absolute atomic E-state index is 0.437. The van der Waals surface area contributed by atoms with E-state index < -0.39 is 0 Å². The van der Waals surface area contributed by atoms with Gasteiger partial charge in [-0.2, -0.15) is 0 Å². The van der Waals surface area contributed by atoms with Crippen molar-refractivity contribution >= 4 is 33.5 Å². The van der Waals surface area contributed by atoms with Crippen molar-refractivity contribution in [2.24, 2.45) is 5.84 Å². The van der Waals surface area contributed by atoms with Gasteiger partial charge in [0.2, 0.25) is 0 Å². The summed E-state index contributed by atoms with van der Waals surface area (Å²) in [5, 5.41) is 1.45. The van der Waals surface area contributed by atoms with Crippen LogP contribution < -0.4 is 16.0 Å². The van der Waals surface area contributed by atoms with E-state index in [4.69, 9.17) is 10.6 Å². The summed E-state index contributed by atoms with van der Waals surface area (Å²) in [7, 11) is 1.54. The van der Waals surface area contributed by atoms with Crippen LogP contribution in [-0.4, -0.2) is 22.1 Å². The number of nitrogens with two attached hydrogens (primary N) is 1. The number of methoxy groups -OCH3 is 1. The normalized spacial score (nSPS) is 10.2. The lowest BCUT2D eigenvalue weighted by Gasteiger charge is -2.09. The predicted molar refractivity (Wildman–Crippen MR) is 72.5 cm³/mol. The van der Waals surface area contributed by atoms with Gasteiger partial charge in [0, 0.05) is 10.7 Å². The van der Waals surface area contributed by atoms with E-state index in [0.717, 1.165) is 9.50 Å². The number of aromatic nitrogens is 3. The van der Waals surface area contributed by atoms with Crippen molar-refractivity contribution in [2.45, 2.75) is 10.1 Å². The molecule has 0 unspecified atom stereocenters. The van der Waals surface area contributed by atoms with E-state index in [0.29, 0.717) is 16.6 Å². The van der Waals surface area contributed by atoms with E-state index in [1.54, 1.807) is 13.3 Å². The van der Waals surface area contributed by atoms with Crippen molar-refractivity contribution in [3.63, 3.8) is 0 Å².